The van der Waals surface area contributed by atoms with Crippen LogP contribution in [0.5, 0.6) is 0 Å². The van der Waals surface area contributed by atoms with E-state index in [1.54, 1.807) is 6.92 Å². The molecule has 2 unspecified atom stereocenters. The molecule has 1 amide bonds. The number of rotatable bonds is 5. The quantitative estimate of drug-likeness (QED) is 0.721. The second kappa shape index (κ2) is 5.14. The van der Waals surface area contributed by atoms with Gasteiger partial charge in [-0.05, 0) is 34.1 Å². The van der Waals surface area contributed by atoms with Crippen LogP contribution in [0.4, 0.5) is 0 Å². The van der Waals surface area contributed by atoms with Crippen LogP contribution in [0.2, 0.25) is 0 Å². The largest absolute Gasteiger partial charge is 0.352 e. The Balaban J connectivity index is 4.60. The minimum atomic E-state index is -3.42. The molecule has 0 fully saturated rings. The van der Waals surface area contributed by atoms with Crippen molar-refractivity contribution in [2.45, 2.75) is 50.9 Å². The fourth-order valence-electron chi connectivity index (χ4n) is 1.18. The number of hydrogen-bond donors (Lipinski definition) is 2. The molecule has 0 aromatic carbocycles. The first-order valence-corrected chi connectivity index (χ1v) is 7.13. The zero-order valence-electron chi connectivity index (χ0n) is 10.6. The molecular formula is C10H22N2O3S. The van der Waals surface area contributed by atoms with E-state index in [-0.39, 0.29) is 12.1 Å². The van der Waals surface area contributed by atoms with Crippen LogP contribution in [0.25, 0.3) is 0 Å². The van der Waals surface area contributed by atoms with Gasteiger partial charge in [0.1, 0.15) is 4.75 Å². The highest BCUT2D eigenvalue weighted by molar-refractivity contribution is 7.92. The Kier molecular flexibility index (Phi) is 4.94. The molecule has 0 aromatic rings. The van der Waals surface area contributed by atoms with Gasteiger partial charge in [-0.25, -0.2) is 8.42 Å². The molecule has 0 aromatic heterocycles. The van der Waals surface area contributed by atoms with Crippen molar-refractivity contribution in [3.63, 3.8) is 0 Å². The number of hydrogen-bond acceptors (Lipinski definition) is 4. The lowest BCUT2D eigenvalue weighted by Gasteiger charge is -2.24. The second-order valence-corrected chi connectivity index (χ2v) is 7.43. The Labute approximate surface area is 97.7 Å². The molecule has 0 spiro atoms. The highest BCUT2D eigenvalue weighted by Gasteiger charge is 2.38. The summed E-state index contributed by atoms with van der Waals surface area (Å²) in [6.07, 6.45) is 1.67. The van der Waals surface area contributed by atoms with Gasteiger partial charge in [0.2, 0.25) is 5.91 Å². The Morgan fingerprint density at radius 3 is 2.12 bits per heavy atom. The van der Waals surface area contributed by atoms with Crippen LogP contribution in [0.1, 0.15) is 34.1 Å². The highest BCUT2D eigenvalue weighted by Crippen LogP contribution is 2.15. The summed E-state index contributed by atoms with van der Waals surface area (Å²) in [6, 6.07) is -0.162. The summed E-state index contributed by atoms with van der Waals surface area (Å²) in [5, 5.41) is 2.66. The Morgan fingerprint density at radius 1 is 1.38 bits per heavy atom. The molecule has 0 bridgehead atoms. The average Bonchev–Trinajstić information content (AvgIpc) is 1.99. The monoisotopic (exact) mass is 250 g/mol. The Morgan fingerprint density at radius 2 is 1.81 bits per heavy atom. The summed E-state index contributed by atoms with van der Waals surface area (Å²) >= 11 is 0. The number of nitrogens with one attached hydrogen (secondary N) is 1. The first kappa shape index (κ1) is 15.4. The summed E-state index contributed by atoms with van der Waals surface area (Å²) in [5.74, 6) is -0.483. The van der Waals surface area contributed by atoms with Crippen molar-refractivity contribution in [3.8, 4) is 0 Å². The van der Waals surface area contributed by atoms with E-state index in [0.717, 1.165) is 6.26 Å². The van der Waals surface area contributed by atoms with E-state index in [4.69, 9.17) is 5.73 Å². The standard InChI is InChI=1S/C10H22N2O3S/c1-7(11)6-8(2)12-9(13)10(3,4)16(5,14)15/h7-8H,6,11H2,1-5H3,(H,12,13). The molecule has 5 nitrogen and oxygen atoms in total. The first-order valence-electron chi connectivity index (χ1n) is 5.24. The van der Waals surface area contributed by atoms with Crippen LogP contribution in [-0.2, 0) is 14.6 Å². The smallest absolute Gasteiger partial charge is 0.241 e. The van der Waals surface area contributed by atoms with Crippen LogP contribution in [-0.4, -0.2) is 37.4 Å². The van der Waals surface area contributed by atoms with Crippen molar-refractivity contribution in [1.29, 1.82) is 0 Å². The van der Waals surface area contributed by atoms with Crippen molar-refractivity contribution in [2.24, 2.45) is 5.73 Å². The third kappa shape index (κ3) is 4.09. The van der Waals surface area contributed by atoms with E-state index in [1.807, 2.05) is 6.92 Å². The predicted octanol–water partition coefficient (Wildman–Crippen LogP) is 0.0516. The van der Waals surface area contributed by atoms with E-state index in [9.17, 15) is 13.2 Å². The van der Waals surface area contributed by atoms with Crippen molar-refractivity contribution in [1.82, 2.24) is 5.32 Å². The molecule has 0 aliphatic carbocycles. The number of nitrogens with two attached hydrogens (primary N) is 1. The van der Waals surface area contributed by atoms with Gasteiger partial charge in [0.15, 0.2) is 9.84 Å². The van der Waals surface area contributed by atoms with Crippen molar-refractivity contribution in [3.05, 3.63) is 0 Å². The SMILES string of the molecule is CC(N)CC(C)NC(=O)C(C)(C)S(C)(=O)=O. The minimum absolute atomic E-state index is 0.0309. The molecule has 0 aliphatic heterocycles. The fraction of sp³-hybridized carbons (Fsp3) is 0.900. The molecule has 0 heterocycles. The van der Waals surface area contributed by atoms with E-state index >= 15 is 0 Å². The van der Waals surface area contributed by atoms with Gasteiger partial charge in [0, 0.05) is 18.3 Å². The average molecular weight is 250 g/mol. The van der Waals surface area contributed by atoms with Crippen LogP contribution in [0.15, 0.2) is 0 Å². The molecule has 6 heteroatoms. The van der Waals surface area contributed by atoms with Crippen LogP contribution in [0, 0.1) is 0 Å². The van der Waals surface area contributed by atoms with Crippen LogP contribution < -0.4 is 11.1 Å². The first-order chi connectivity index (χ1) is 6.98. The number of sulfone groups is 1. The fourth-order valence-corrected chi connectivity index (χ4v) is 1.58. The predicted molar refractivity (Wildman–Crippen MR) is 64.8 cm³/mol. The van der Waals surface area contributed by atoms with Crippen molar-refractivity contribution < 1.29 is 13.2 Å². The Hall–Kier alpha value is -0.620. The number of carbonyl (C=O) groups is 1. The Bertz CT molecular complexity index is 347. The lowest BCUT2D eigenvalue weighted by atomic mass is 10.1. The zero-order chi connectivity index (χ0) is 13.1. The molecule has 0 saturated heterocycles. The number of carbonyl (C=O) groups excluding carboxylic acids is 1. The maximum absolute atomic E-state index is 11.8. The second-order valence-electron chi connectivity index (χ2n) is 4.87. The van der Waals surface area contributed by atoms with E-state index < -0.39 is 20.5 Å². The third-order valence-electron chi connectivity index (χ3n) is 2.58. The van der Waals surface area contributed by atoms with Gasteiger partial charge in [-0.2, -0.15) is 0 Å². The number of amides is 1. The molecule has 96 valence electrons. The topological polar surface area (TPSA) is 89.3 Å². The van der Waals surface area contributed by atoms with Gasteiger partial charge in [-0.15, -0.1) is 0 Å². The van der Waals surface area contributed by atoms with Crippen LogP contribution in [0.3, 0.4) is 0 Å². The molecule has 0 aliphatic rings. The summed E-state index contributed by atoms with van der Waals surface area (Å²) in [4.78, 5) is 11.8. The molecule has 0 rings (SSSR count). The molecule has 16 heavy (non-hydrogen) atoms. The van der Waals surface area contributed by atoms with Gasteiger partial charge in [0.05, 0.1) is 0 Å². The van der Waals surface area contributed by atoms with Crippen LogP contribution >= 0.6 is 0 Å². The lowest BCUT2D eigenvalue weighted by Crippen LogP contribution is -2.50. The van der Waals surface area contributed by atoms with Crippen molar-refractivity contribution in [2.75, 3.05) is 6.26 Å². The molecular weight excluding hydrogens is 228 g/mol. The van der Waals surface area contributed by atoms with E-state index in [1.165, 1.54) is 13.8 Å². The summed E-state index contributed by atoms with van der Waals surface area (Å²) in [6.45, 7) is 6.44. The van der Waals surface area contributed by atoms with E-state index in [2.05, 4.69) is 5.32 Å². The van der Waals surface area contributed by atoms with Crippen molar-refractivity contribution >= 4 is 15.7 Å². The van der Waals surface area contributed by atoms with Gasteiger partial charge in [-0.3, -0.25) is 4.79 Å². The molecule has 0 saturated carbocycles. The van der Waals surface area contributed by atoms with Gasteiger partial charge >= 0.3 is 0 Å². The molecule has 0 radical (unpaired) electrons. The molecule has 3 N–H and O–H groups in total. The summed E-state index contributed by atoms with van der Waals surface area (Å²) in [7, 11) is -3.42. The zero-order valence-corrected chi connectivity index (χ0v) is 11.4. The lowest BCUT2D eigenvalue weighted by molar-refractivity contribution is -0.123. The normalized spacial score (nSPS) is 16.6. The minimum Gasteiger partial charge on any atom is -0.352 e. The third-order valence-corrected chi connectivity index (χ3v) is 4.62. The van der Waals surface area contributed by atoms with Gasteiger partial charge in [0.25, 0.3) is 0 Å². The van der Waals surface area contributed by atoms with Gasteiger partial charge in [-0.1, -0.05) is 0 Å². The maximum Gasteiger partial charge on any atom is 0.241 e. The summed E-state index contributed by atoms with van der Waals surface area (Å²) < 4.78 is 21.4. The van der Waals surface area contributed by atoms with E-state index in [0.29, 0.717) is 6.42 Å². The van der Waals surface area contributed by atoms with Gasteiger partial charge < -0.3 is 11.1 Å². The highest BCUT2D eigenvalue weighted by atomic mass is 32.2. The molecule has 2 atom stereocenters. The summed E-state index contributed by atoms with van der Waals surface area (Å²) in [5.41, 5.74) is 5.59. The maximum atomic E-state index is 11.8.